The Balaban J connectivity index is 1.44. The van der Waals surface area contributed by atoms with Gasteiger partial charge in [0.15, 0.2) is 5.82 Å². The number of aromatic nitrogens is 6. The fourth-order valence-corrected chi connectivity index (χ4v) is 4.85. The Morgan fingerprint density at radius 3 is 2.54 bits per heavy atom. The summed E-state index contributed by atoms with van der Waals surface area (Å²) >= 11 is 1.30. The van der Waals surface area contributed by atoms with Gasteiger partial charge in [-0.05, 0) is 61.0 Å². The van der Waals surface area contributed by atoms with Crippen molar-refractivity contribution in [3.05, 3.63) is 106 Å². The van der Waals surface area contributed by atoms with Gasteiger partial charge in [-0.1, -0.05) is 36.5 Å². The molecule has 0 unspecified atom stereocenters. The Hall–Kier alpha value is -4.63. The molecule has 0 aliphatic heterocycles. The standard InChI is InChI=1S/C28H22N6O2S/c1-2-15-36-23-12-10-19(11-13-23)25-21(18-33(31-25)22-8-4-3-5-9-22)16-24-27(35)34-28(37-24)30-26(32-34)20-7-6-14-29-17-20/h3-14,16-18H,2,15H2,1H3. The smallest absolute Gasteiger partial charge is 0.291 e. The molecule has 9 heteroatoms. The monoisotopic (exact) mass is 506 g/mol. The zero-order chi connectivity index (χ0) is 25.2. The molecule has 0 aliphatic carbocycles. The molecule has 0 atom stereocenters. The summed E-state index contributed by atoms with van der Waals surface area (Å²) in [6, 6.07) is 21.4. The van der Waals surface area contributed by atoms with E-state index in [1.165, 1.54) is 15.9 Å². The lowest BCUT2D eigenvalue weighted by Gasteiger charge is -2.05. The van der Waals surface area contributed by atoms with Crippen molar-refractivity contribution in [3.63, 3.8) is 0 Å². The largest absolute Gasteiger partial charge is 0.494 e. The predicted octanol–water partition coefficient (Wildman–Crippen LogP) is 4.40. The lowest BCUT2D eigenvalue weighted by atomic mass is 10.1. The molecule has 0 N–H and O–H groups in total. The van der Waals surface area contributed by atoms with Crippen LogP contribution in [0.3, 0.4) is 0 Å². The molecule has 0 saturated heterocycles. The number of pyridine rings is 1. The Labute approximate surface area is 216 Å². The third-order valence-corrected chi connectivity index (χ3v) is 6.71. The quantitative estimate of drug-likeness (QED) is 0.319. The van der Waals surface area contributed by atoms with Gasteiger partial charge in [0, 0.05) is 35.3 Å². The maximum absolute atomic E-state index is 13.2. The van der Waals surface area contributed by atoms with Crippen LogP contribution in [0, 0.1) is 0 Å². The van der Waals surface area contributed by atoms with Crippen molar-refractivity contribution < 1.29 is 4.74 Å². The number of hydrogen-bond donors (Lipinski definition) is 0. The molecule has 0 saturated carbocycles. The highest BCUT2D eigenvalue weighted by Crippen LogP contribution is 2.26. The SMILES string of the molecule is CCCOc1ccc(-c2nn(-c3ccccc3)cc2C=c2sc3nc(-c4cccnc4)nn3c2=O)cc1. The topological polar surface area (TPSA) is 87.2 Å². The van der Waals surface area contributed by atoms with E-state index in [1.54, 1.807) is 12.4 Å². The Kier molecular flexibility index (Phi) is 6.03. The van der Waals surface area contributed by atoms with Crippen molar-refractivity contribution >= 4 is 22.4 Å². The summed E-state index contributed by atoms with van der Waals surface area (Å²) in [6.45, 7) is 2.75. The molecule has 182 valence electrons. The van der Waals surface area contributed by atoms with Crippen LogP contribution >= 0.6 is 11.3 Å². The van der Waals surface area contributed by atoms with E-state index < -0.39 is 0 Å². The summed E-state index contributed by atoms with van der Waals surface area (Å²) in [5.74, 6) is 1.29. The second-order valence-corrected chi connectivity index (χ2v) is 9.38. The maximum Gasteiger partial charge on any atom is 0.291 e. The molecule has 0 bridgehead atoms. The Morgan fingerprint density at radius 2 is 1.81 bits per heavy atom. The van der Waals surface area contributed by atoms with Gasteiger partial charge in [0.25, 0.3) is 5.56 Å². The van der Waals surface area contributed by atoms with Crippen LogP contribution in [-0.2, 0) is 0 Å². The maximum atomic E-state index is 13.2. The number of nitrogens with zero attached hydrogens (tertiary/aromatic N) is 6. The zero-order valence-corrected chi connectivity index (χ0v) is 20.8. The number of thiazole rings is 1. The van der Waals surface area contributed by atoms with Crippen LogP contribution in [-0.4, -0.2) is 36.0 Å². The molecule has 0 fully saturated rings. The van der Waals surface area contributed by atoms with Gasteiger partial charge >= 0.3 is 0 Å². The fraction of sp³-hybridized carbons (Fsp3) is 0.107. The molecule has 0 amide bonds. The lowest BCUT2D eigenvalue weighted by molar-refractivity contribution is 0.317. The lowest BCUT2D eigenvalue weighted by Crippen LogP contribution is -2.23. The molecule has 0 radical (unpaired) electrons. The van der Waals surface area contributed by atoms with Crippen LogP contribution in [0.5, 0.6) is 5.75 Å². The second kappa shape index (κ2) is 9.79. The highest BCUT2D eigenvalue weighted by molar-refractivity contribution is 7.15. The number of rotatable bonds is 7. The molecule has 4 heterocycles. The van der Waals surface area contributed by atoms with Crippen molar-refractivity contribution in [2.75, 3.05) is 6.61 Å². The fourth-order valence-electron chi connectivity index (χ4n) is 3.95. The molecular weight excluding hydrogens is 484 g/mol. The van der Waals surface area contributed by atoms with E-state index >= 15 is 0 Å². The third-order valence-electron chi connectivity index (χ3n) is 5.75. The van der Waals surface area contributed by atoms with Crippen molar-refractivity contribution in [3.8, 4) is 34.1 Å². The normalized spacial score (nSPS) is 11.9. The molecule has 2 aromatic carbocycles. The van der Waals surface area contributed by atoms with E-state index in [9.17, 15) is 4.79 Å². The molecule has 0 aliphatic rings. The summed E-state index contributed by atoms with van der Waals surface area (Å²) in [5.41, 5.74) is 3.99. The van der Waals surface area contributed by atoms with Gasteiger partial charge in [-0.2, -0.15) is 14.6 Å². The average molecular weight is 507 g/mol. The molecule has 6 rings (SSSR count). The summed E-state index contributed by atoms with van der Waals surface area (Å²) in [7, 11) is 0. The first-order chi connectivity index (χ1) is 18.2. The van der Waals surface area contributed by atoms with E-state index in [2.05, 4.69) is 22.0 Å². The van der Waals surface area contributed by atoms with Gasteiger partial charge in [-0.3, -0.25) is 9.78 Å². The van der Waals surface area contributed by atoms with Crippen molar-refractivity contribution in [1.29, 1.82) is 0 Å². The van der Waals surface area contributed by atoms with Gasteiger partial charge in [-0.15, -0.1) is 5.10 Å². The minimum atomic E-state index is -0.218. The van der Waals surface area contributed by atoms with Crippen molar-refractivity contribution in [2.24, 2.45) is 0 Å². The first-order valence-corrected chi connectivity index (χ1v) is 12.7. The minimum Gasteiger partial charge on any atom is -0.494 e. The summed E-state index contributed by atoms with van der Waals surface area (Å²) in [6.07, 6.45) is 8.11. The van der Waals surface area contributed by atoms with Crippen LogP contribution in [0.25, 0.3) is 39.4 Å². The Bertz CT molecular complexity index is 1770. The molecule has 37 heavy (non-hydrogen) atoms. The van der Waals surface area contributed by atoms with Crippen molar-refractivity contribution in [1.82, 2.24) is 29.4 Å². The first kappa shape index (κ1) is 22.8. The minimum absolute atomic E-state index is 0.218. The van der Waals surface area contributed by atoms with Gasteiger partial charge in [-0.25, -0.2) is 4.68 Å². The third kappa shape index (κ3) is 4.52. The van der Waals surface area contributed by atoms with E-state index in [1.807, 2.05) is 83.7 Å². The predicted molar refractivity (Wildman–Crippen MR) is 144 cm³/mol. The molecule has 6 aromatic rings. The van der Waals surface area contributed by atoms with Crippen LogP contribution in [0.2, 0.25) is 0 Å². The number of benzene rings is 2. The number of ether oxygens (including phenoxy) is 1. The highest BCUT2D eigenvalue weighted by Gasteiger charge is 2.15. The highest BCUT2D eigenvalue weighted by atomic mass is 32.1. The summed E-state index contributed by atoms with van der Waals surface area (Å²) in [5, 5.41) is 9.29. The van der Waals surface area contributed by atoms with Crippen LogP contribution < -0.4 is 14.8 Å². The van der Waals surface area contributed by atoms with Gasteiger partial charge in [0.2, 0.25) is 4.96 Å². The second-order valence-electron chi connectivity index (χ2n) is 8.37. The molecule has 8 nitrogen and oxygen atoms in total. The molecule has 4 aromatic heterocycles. The van der Waals surface area contributed by atoms with Crippen molar-refractivity contribution in [2.45, 2.75) is 13.3 Å². The van der Waals surface area contributed by atoms with Gasteiger partial charge < -0.3 is 4.74 Å². The first-order valence-electron chi connectivity index (χ1n) is 11.9. The van der Waals surface area contributed by atoms with E-state index in [0.717, 1.165) is 40.2 Å². The average Bonchev–Trinajstić information content (AvgIpc) is 3.64. The van der Waals surface area contributed by atoms with E-state index in [0.29, 0.717) is 21.9 Å². The number of para-hydroxylation sites is 1. The molecule has 0 spiro atoms. The summed E-state index contributed by atoms with van der Waals surface area (Å²) < 4.78 is 9.44. The van der Waals surface area contributed by atoms with E-state index in [4.69, 9.17) is 9.84 Å². The van der Waals surface area contributed by atoms with E-state index in [-0.39, 0.29) is 5.56 Å². The molecular formula is C28H22N6O2S. The summed E-state index contributed by atoms with van der Waals surface area (Å²) in [4.78, 5) is 22.4. The van der Waals surface area contributed by atoms with Crippen LogP contribution in [0.1, 0.15) is 18.9 Å². The Morgan fingerprint density at radius 1 is 0.973 bits per heavy atom. The van der Waals surface area contributed by atoms with Gasteiger partial charge in [0.1, 0.15) is 11.4 Å². The van der Waals surface area contributed by atoms with Gasteiger partial charge in [0.05, 0.1) is 16.8 Å². The number of fused-ring (bicyclic) bond motifs is 1. The zero-order valence-electron chi connectivity index (χ0n) is 20.0. The number of hydrogen-bond acceptors (Lipinski definition) is 7. The van der Waals surface area contributed by atoms with Crippen LogP contribution in [0.15, 0.2) is 90.1 Å². The van der Waals surface area contributed by atoms with Crippen LogP contribution in [0.4, 0.5) is 0 Å².